The molecule has 5 nitrogen and oxygen atoms in total. The number of benzene rings is 1. The van der Waals surface area contributed by atoms with Crippen LogP contribution in [0, 0.1) is 19.8 Å². The molecule has 0 spiro atoms. The van der Waals surface area contributed by atoms with Gasteiger partial charge in [0.2, 0.25) is 5.91 Å². The van der Waals surface area contributed by atoms with Crippen LogP contribution in [0.25, 0.3) is 10.2 Å². The minimum absolute atomic E-state index is 0.0685. The Balaban J connectivity index is 1.55. The Morgan fingerprint density at radius 3 is 2.97 bits per heavy atom. The minimum atomic E-state index is -0.0685. The van der Waals surface area contributed by atoms with Crippen molar-refractivity contribution in [2.24, 2.45) is 5.92 Å². The first-order valence-electron chi connectivity index (χ1n) is 9.80. The van der Waals surface area contributed by atoms with Gasteiger partial charge in [0.1, 0.15) is 21.4 Å². The molecule has 1 aromatic carbocycles. The SMILES string of the molecule is COc1ccc(C)cc1NC(=O)CSc1nc(C)nc2sc3c(c12)CCC(C)C3. The van der Waals surface area contributed by atoms with Crippen LogP contribution in [0.1, 0.15) is 35.2 Å². The van der Waals surface area contributed by atoms with Crippen LogP contribution in [-0.2, 0) is 17.6 Å². The number of nitrogens with one attached hydrogen (secondary N) is 1. The highest BCUT2D eigenvalue weighted by Gasteiger charge is 2.24. The molecule has 0 aliphatic heterocycles. The van der Waals surface area contributed by atoms with Crippen LogP contribution in [-0.4, -0.2) is 28.7 Å². The number of fused-ring (bicyclic) bond motifs is 3. The number of methoxy groups -OCH3 is 1. The number of hydrogen-bond donors (Lipinski definition) is 1. The second-order valence-corrected chi connectivity index (χ2v) is 9.70. The van der Waals surface area contributed by atoms with Gasteiger partial charge in [-0.05, 0) is 62.3 Å². The van der Waals surface area contributed by atoms with E-state index < -0.39 is 0 Å². The highest BCUT2D eigenvalue weighted by atomic mass is 32.2. The van der Waals surface area contributed by atoms with E-state index in [0.717, 1.165) is 45.4 Å². The number of nitrogens with zero attached hydrogens (tertiary/aromatic N) is 2. The number of hydrogen-bond acceptors (Lipinski definition) is 6. The van der Waals surface area contributed by atoms with E-state index in [1.807, 2.05) is 32.0 Å². The number of aromatic nitrogens is 2. The van der Waals surface area contributed by atoms with Gasteiger partial charge in [0.05, 0.1) is 18.6 Å². The van der Waals surface area contributed by atoms with Gasteiger partial charge in [-0.15, -0.1) is 11.3 Å². The molecule has 1 atom stereocenters. The largest absolute Gasteiger partial charge is 0.495 e. The third kappa shape index (κ3) is 4.26. The highest BCUT2D eigenvalue weighted by molar-refractivity contribution is 8.00. The van der Waals surface area contributed by atoms with Crippen molar-refractivity contribution in [3.05, 3.63) is 40.0 Å². The van der Waals surface area contributed by atoms with Crippen molar-refractivity contribution in [1.29, 1.82) is 0 Å². The van der Waals surface area contributed by atoms with E-state index in [1.165, 1.54) is 28.6 Å². The summed E-state index contributed by atoms with van der Waals surface area (Å²) in [6.07, 6.45) is 3.39. The van der Waals surface area contributed by atoms with Gasteiger partial charge >= 0.3 is 0 Å². The molecule has 0 saturated carbocycles. The molecule has 1 unspecified atom stereocenters. The molecule has 1 amide bonds. The molecule has 0 radical (unpaired) electrons. The van der Waals surface area contributed by atoms with Gasteiger partial charge in [-0.1, -0.05) is 24.8 Å². The molecule has 1 N–H and O–H groups in total. The Labute approximate surface area is 179 Å². The van der Waals surface area contributed by atoms with Crippen LogP contribution >= 0.6 is 23.1 Å². The lowest BCUT2D eigenvalue weighted by molar-refractivity contribution is -0.113. The first-order chi connectivity index (χ1) is 13.9. The fourth-order valence-corrected chi connectivity index (χ4v) is 6.15. The third-order valence-electron chi connectivity index (χ3n) is 5.20. The summed E-state index contributed by atoms with van der Waals surface area (Å²) in [4.78, 5) is 24.5. The molecule has 2 aromatic heterocycles. The third-order valence-corrected chi connectivity index (χ3v) is 7.33. The molecule has 3 aromatic rings. The van der Waals surface area contributed by atoms with E-state index in [1.54, 1.807) is 18.4 Å². The molecule has 0 bridgehead atoms. The molecule has 4 rings (SSSR count). The van der Waals surface area contributed by atoms with Crippen LogP contribution in [0.15, 0.2) is 23.2 Å². The molecule has 0 saturated heterocycles. The zero-order chi connectivity index (χ0) is 20.5. The predicted molar refractivity (Wildman–Crippen MR) is 120 cm³/mol. The van der Waals surface area contributed by atoms with Crippen molar-refractivity contribution in [1.82, 2.24) is 9.97 Å². The number of rotatable bonds is 5. The Kier molecular flexibility index (Phi) is 5.79. The lowest BCUT2D eigenvalue weighted by Gasteiger charge is -2.18. The average molecular weight is 428 g/mol. The van der Waals surface area contributed by atoms with Gasteiger partial charge in [-0.3, -0.25) is 4.79 Å². The summed E-state index contributed by atoms with van der Waals surface area (Å²) in [5.41, 5.74) is 3.16. The predicted octanol–water partition coefficient (Wildman–Crippen LogP) is 5.17. The molecule has 7 heteroatoms. The first-order valence-corrected chi connectivity index (χ1v) is 11.6. The van der Waals surface area contributed by atoms with Crippen LogP contribution in [0.2, 0.25) is 0 Å². The molecule has 152 valence electrons. The van der Waals surface area contributed by atoms with E-state index >= 15 is 0 Å². The molecule has 29 heavy (non-hydrogen) atoms. The standard InChI is InChI=1S/C22H25N3O2S2/c1-12-6-8-17(27-4)16(9-12)25-19(26)11-28-21-20-15-7-5-13(2)10-18(15)29-22(20)24-14(3)23-21/h6,8-9,13H,5,7,10-11H2,1-4H3,(H,25,26). The Bertz CT molecular complexity index is 1080. The normalized spacial score (nSPS) is 15.9. The van der Waals surface area contributed by atoms with Gasteiger partial charge in [0.25, 0.3) is 0 Å². The van der Waals surface area contributed by atoms with Crippen molar-refractivity contribution < 1.29 is 9.53 Å². The fraction of sp³-hybridized carbons (Fsp3) is 0.409. The molecular formula is C22H25N3O2S2. The number of carbonyl (C=O) groups excluding carboxylic acids is 1. The van der Waals surface area contributed by atoms with Crippen molar-refractivity contribution in [3.8, 4) is 5.75 Å². The number of ether oxygens (including phenoxy) is 1. The fourth-order valence-electron chi connectivity index (χ4n) is 3.75. The summed E-state index contributed by atoms with van der Waals surface area (Å²) >= 11 is 3.28. The van der Waals surface area contributed by atoms with Crippen LogP contribution in [0.4, 0.5) is 5.69 Å². The zero-order valence-corrected chi connectivity index (χ0v) is 18.8. The topological polar surface area (TPSA) is 64.1 Å². The number of carbonyl (C=O) groups is 1. The van der Waals surface area contributed by atoms with Gasteiger partial charge in [-0.25, -0.2) is 9.97 Å². The van der Waals surface area contributed by atoms with Crippen molar-refractivity contribution >= 4 is 44.9 Å². The van der Waals surface area contributed by atoms with E-state index in [-0.39, 0.29) is 5.91 Å². The van der Waals surface area contributed by atoms with Crippen molar-refractivity contribution in [2.75, 3.05) is 18.2 Å². The molecular weight excluding hydrogens is 402 g/mol. The Morgan fingerprint density at radius 2 is 2.17 bits per heavy atom. The van der Waals surface area contributed by atoms with Crippen molar-refractivity contribution in [3.63, 3.8) is 0 Å². The van der Waals surface area contributed by atoms with Crippen LogP contribution < -0.4 is 10.1 Å². The first kappa shape index (κ1) is 20.2. The van der Waals surface area contributed by atoms with Gasteiger partial charge in [0.15, 0.2) is 0 Å². The van der Waals surface area contributed by atoms with Crippen molar-refractivity contribution in [2.45, 2.75) is 45.1 Å². The summed E-state index contributed by atoms with van der Waals surface area (Å²) in [6.45, 7) is 6.22. The molecule has 1 aliphatic carbocycles. The van der Waals surface area contributed by atoms with Gasteiger partial charge < -0.3 is 10.1 Å². The smallest absolute Gasteiger partial charge is 0.234 e. The average Bonchev–Trinajstić information content (AvgIpc) is 3.03. The molecule has 1 aliphatic rings. The maximum Gasteiger partial charge on any atom is 0.234 e. The molecule has 0 fully saturated rings. The zero-order valence-electron chi connectivity index (χ0n) is 17.2. The summed E-state index contributed by atoms with van der Waals surface area (Å²) in [5, 5.41) is 5.05. The van der Waals surface area contributed by atoms with Gasteiger partial charge in [-0.2, -0.15) is 0 Å². The number of thiophene rings is 1. The van der Waals surface area contributed by atoms with Crippen LogP contribution in [0.3, 0.4) is 0 Å². The number of aryl methyl sites for hydroxylation is 3. The summed E-state index contributed by atoms with van der Waals surface area (Å²) in [6, 6.07) is 5.75. The van der Waals surface area contributed by atoms with Crippen LogP contribution in [0.5, 0.6) is 5.75 Å². The second-order valence-electron chi connectivity index (χ2n) is 7.65. The second kappa shape index (κ2) is 8.32. The number of thioether (sulfide) groups is 1. The lowest BCUT2D eigenvalue weighted by atomic mass is 9.89. The minimum Gasteiger partial charge on any atom is -0.495 e. The molecule has 2 heterocycles. The lowest BCUT2D eigenvalue weighted by Crippen LogP contribution is -2.15. The summed E-state index contributed by atoms with van der Waals surface area (Å²) in [5.74, 6) is 2.36. The number of amides is 1. The van der Waals surface area contributed by atoms with E-state index in [0.29, 0.717) is 17.2 Å². The monoisotopic (exact) mass is 427 g/mol. The highest BCUT2D eigenvalue weighted by Crippen LogP contribution is 2.41. The van der Waals surface area contributed by atoms with E-state index in [9.17, 15) is 4.79 Å². The number of anilines is 1. The summed E-state index contributed by atoms with van der Waals surface area (Å²) < 4.78 is 5.36. The maximum atomic E-state index is 12.6. The van der Waals surface area contributed by atoms with E-state index in [4.69, 9.17) is 4.74 Å². The quantitative estimate of drug-likeness (QED) is 0.449. The van der Waals surface area contributed by atoms with Gasteiger partial charge in [0, 0.05) is 10.3 Å². The maximum absolute atomic E-state index is 12.6. The van der Waals surface area contributed by atoms with E-state index in [2.05, 4.69) is 22.2 Å². The Hall–Kier alpha value is -2.12. The Morgan fingerprint density at radius 1 is 1.34 bits per heavy atom. The summed E-state index contributed by atoms with van der Waals surface area (Å²) in [7, 11) is 1.61.